The van der Waals surface area contributed by atoms with Crippen molar-refractivity contribution >= 4 is 18.3 Å². The summed E-state index contributed by atoms with van der Waals surface area (Å²) in [6.07, 6.45) is 0. The number of hydrogen-bond donors (Lipinski definition) is 2. The van der Waals surface area contributed by atoms with Gasteiger partial charge in [0.1, 0.15) is 5.82 Å². The molecule has 3 N–H and O–H groups in total. The van der Waals surface area contributed by atoms with Crippen LogP contribution in [0.2, 0.25) is 0 Å². The van der Waals surface area contributed by atoms with Crippen LogP contribution in [0.1, 0.15) is 6.92 Å². The minimum Gasteiger partial charge on any atom is -0.395 e. The largest absolute Gasteiger partial charge is 0.395 e. The minimum absolute atomic E-state index is 0.272. The highest BCUT2D eigenvalue weighted by Gasteiger charge is 2.00. The molecule has 3 nitrogen and oxygen atoms in total. The van der Waals surface area contributed by atoms with Crippen LogP contribution in [0.25, 0.3) is 0 Å². The molecule has 0 aliphatic heterocycles. The fourth-order valence-electron chi connectivity index (χ4n) is 0.532. The molecule has 0 aromatic rings. The standard InChI is InChI=1S/C7H12ClN3/c1-4-11-7(10-3)6(9)5(2)8/h11H,2-4,9H2,1H3/b7-6-. The van der Waals surface area contributed by atoms with Gasteiger partial charge in [0, 0.05) is 6.54 Å². The van der Waals surface area contributed by atoms with Crippen molar-refractivity contribution in [2.75, 3.05) is 6.54 Å². The Kier molecular flexibility index (Phi) is 4.38. The van der Waals surface area contributed by atoms with E-state index < -0.39 is 0 Å². The van der Waals surface area contributed by atoms with Crippen LogP contribution < -0.4 is 11.1 Å². The number of halogens is 1. The molecule has 0 atom stereocenters. The van der Waals surface area contributed by atoms with Crippen LogP contribution >= 0.6 is 11.6 Å². The van der Waals surface area contributed by atoms with Gasteiger partial charge in [-0.3, -0.25) is 0 Å². The van der Waals surface area contributed by atoms with Crippen molar-refractivity contribution in [2.24, 2.45) is 10.7 Å². The van der Waals surface area contributed by atoms with Crippen molar-refractivity contribution in [3.05, 3.63) is 23.1 Å². The molecule has 0 bridgehead atoms. The molecule has 0 amide bonds. The summed E-state index contributed by atoms with van der Waals surface area (Å²) in [5.74, 6) is 0.479. The van der Waals surface area contributed by atoms with Crippen LogP contribution in [-0.4, -0.2) is 13.3 Å². The summed E-state index contributed by atoms with van der Waals surface area (Å²) in [7, 11) is 0. The first-order valence-electron chi connectivity index (χ1n) is 3.18. The number of nitrogens with zero attached hydrogens (tertiary/aromatic N) is 1. The van der Waals surface area contributed by atoms with Gasteiger partial charge < -0.3 is 11.1 Å². The van der Waals surface area contributed by atoms with E-state index in [1.165, 1.54) is 0 Å². The Morgan fingerprint density at radius 2 is 2.27 bits per heavy atom. The second-order valence-corrected chi connectivity index (χ2v) is 2.31. The Morgan fingerprint density at radius 3 is 2.55 bits per heavy atom. The minimum atomic E-state index is 0.272. The number of nitrogens with one attached hydrogen (secondary N) is 1. The average molecular weight is 174 g/mol. The lowest BCUT2D eigenvalue weighted by molar-refractivity contribution is 0.829. The van der Waals surface area contributed by atoms with E-state index in [-0.39, 0.29) is 5.03 Å². The second kappa shape index (κ2) is 4.79. The molecule has 0 spiro atoms. The molecule has 11 heavy (non-hydrogen) atoms. The predicted molar refractivity (Wildman–Crippen MR) is 49.4 cm³/mol. The fraction of sp³-hybridized carbons (Fsp3) is 0.286. The van der Waals surface area contributed by atoms with Crippen LogP contribution in [0.5, 0.6) is 0 Å². The monoisotopic (exact) mass is 173 g/mol. The average Bonchev–Trinajstić information content (AvgIpc) is 1.98. The molecule has 0 fully saturated rings. The molecule has 62 valence electrons. The highest BCUT2D eigenvalue weighted by Crippen LogP contribution is 2.09. The maximum Gasteiger partial charge on any atom is 0.150 e. The first kappa shape index (κ1) is 10.0. The summed E-state index contributed by atoms with van der Waals surface area (Å²) in [6, 6.07) is 0. The van der Waals surface area contributed by atoms with E-state index in [1.807, 2.05) is 6.92 Å². The van der Waals surface area contributed by atoms with E-state index in [0.717, 1.165) is 6.54 Å². The Hall–Kier alpha value is -0.960. The van der Waals surface area contributed by atoms with Crippen LogP contribution in [-0.2, 0) is 0 Å². The van der Waals surface area contributed by atoms with Crippen LogP contribution in [0.15, 0.2) is 28.1 Å². The molecule has 0 saturated heterocycles. The fourth-order valence-corrected chi connectivity index (χ4v) is 0.622. The topological polar surface area (TPSA) is 50.4 Å². The molecule has 0 aromatic heterocycles. The van der Waals surface area contributed by atoms with Crippen molar-refractivity contribution in [3.63, 3.8) is 0 Å². The highest BCUT2D eigenvalue weighted by atomic mass is 35.5. The van der Waals surface area contributed by atoms with Gasteiger partial charge in [-0.05, 0) is 13.6 Å². The summed E-state index contributed by atoms with van der Waals surface area (Å²) >= 11 is 5.53. The van der Waals surface area contributed by atoms with Gasteiger partial charge >= 0.3 is 0 Å². The Labute approximate surface area is 71.6 Å². The van der Waals surface area contributed by atoms with E-state index in [4.69, 9.17) is 17.3 Å². The molecule has 0 radical (unpaired) electrons. The van der Waals surface area contributed by atoms with E-state index >= 15 is 0 Å². The molecule has 0 aliphatic rings. The lowest BCUT2D eigenvalue weighted by Gasteiger charge is -2.06. The molecule has 0 heterocycles. The Balaban J connectivity index is 4.53. The summed E-state index contributed by atoms with van der Waals surface area (Å²) < 4.78 is 0. The van der Waals surface area contributed by atoms with Gasteiger partial charge in [0.2, 0.25) is 0 Å². The first-order valence-corrected chi connectivity index (χ1v) is 3.56. The maximum absolute atomic E-state index is 5.53. The number of allylic oxidation sites excluding steroid dienone is 1. The van der Waals surface area contributed by atoms with Gasteiger partial charge in [0.05, 0.1) is 10.7 Å². The number of aliphatic imine (C=N–C) groups is 1. The quantitative estimate of drug-likeness (QED) is 0.496. The maximum atomic E-state index is 5.53. The van der Waals surface area contributed by atoms with Crippen molar-refractivity contribution < 1.29 is 0 Å². The zero-order chi connectivity index (χ0) is 8.85. The third kappa shape index (κ3) is 3.09. The smallest absolute Gasteiger partial charge is 0.150 e. The lowest BCUT2D eigenvalue weighted by Crippen LogP contribution is -2.16. The first-order chi connectivity index (χ1) is 5.13. The molecule has 0 unspecified atom stereocenters. The zero-order valence-corrected chi connectivity index (χ0v) is 7.28. The summed E-state index contributed by atoms with van der Waals surface area (Å²) in [4.78, 5) is 3.65. The Bertz CT molecular complexity index is 196. The Morgan fingerprint density at radius 1 is 1.73 bits per heavy atom. The molecule has 4 heteroatoms. The molecular formula is C7H12ClN3. The third-order valence-corrected chi connectivity index (χ3v) is 1.25. The number of nitrogens with two attached hydrogens (primary N) is 1. The lowest BCUT2D eigenvalue weighted by atomic mass is 10.4. The molecule has 0 aromatic carbocycles. The normalized spacial score (nSPS) is 11.8. The predicted octanol–water partition coefficient (Wildman–Crippen LogP) is 1.18. The van der Waals surface area contributed by atoms with Crippen LogP contribution in [0.3, 0.4) is 0 Å². The van der Waals surface area contributed by atoms with Gasteiger partial charge in [-0.1, -0.05) is 18.2 Å². The SMILES string of the molecule is C=N/C(NCC)=C(/N)C(=C)Cl. The van der Waals surface area contributed by atoms with Gasteiger partial charge in [-0.15, -0.1) is 0 Å². The van der Waals surface area contributed by atoms with Crippen LogP contribution in [0, 0.1) is 0 Å². The third-order valence-electron chi connectivity index (χ3n) is 1.05. The van der Waals surface area contributed by atoms with Crippen molar-refractivity contribution in [3.8, 4) is 0 Å². The van der Waals surface area contributed by atoms with E-state index in [9.17, 15) is 0 Å². The van der Waals surface area contributed by atoms with Crippen molar-refractivity contribution in [2.45, 2.75) is 6.92 Å². The van der Waals surface area contributed by atoms with Gasteiger partial charge in [-0.25, -0.2) is 4.99 Å². The second-order valence-electron chi connectivity index (χ2n) is 1.86. The molecule has 0 rings (SSSR count). The van der Waals surface area contributed by atoms with Gasteiger partial charge in [0.25, 0.3) is 0 Å². The molecule has 0 aliphatic carbocycles. The summed E-state index contributed by atoms with van der Waals surface area (Å²) in [5, 5.41) is 3.17. The van der Waals surface area contributed by atoms with Gasteiger partial charge in [-0.2, -0.15) is 0 Å². The van der Waals surface area contributed by atoms with E-state index in [1.54, 1.807) is 0 Å². The summed E-state index contributed by atoms with van der Waals surface area (Å²) in [5.41, 5.74) is 5.85. The molecule has 0 saturated carbocycles. The summed E-state index contributed by atoms with van der Waals surface area (Å²) in [6.45, 7) is 9.44. The van der Waals surface area contributed by atoms with E-state index in [0.29, 0.717) is 11.5 Å². The zero-order valence-electron chi connectivity index (χ0n) is 6.52. The number of hydrogen-bond acceptors (Lipinski definition) is 3. The number of rotatable bonds is 4. The van der Waals surface area contributed by atoms with E-state index in [2.05, 4.69) is 23.6 Å². The highest BCUT2D eigenvalue weighted by molar-refractivity contribution is 6.31. The van der Waals surface area contributed by atoms with Crippen molar-refractivity contribution in [1.82, 2.24) is 5.32 Å². The van der Waals surface area contributed by atoms with Gasteiger partial charge in [0.15, 0.2) is 0 Å². The molecular weight excluding hydrogens is 162 g/mol. The van der Waals surface area contributed by atoms with Crippen molar-refractivity contribution in [1.29, 1.82) is 0 Å². The van der Waals surface area contributed by atoms with Crippen LogP contribution in [0.4, 0.5) is 0 Å².